The van der Waals surface area contributed by atoms with E-state index in [0.29, 0.717) is 19.6 Å². The molecule has 1 saturated heterocycles. The molecule has 2 unspecified atom stereocenters. The zero-order valence-corrected chi connectivity index (χ0v) is 8.93. The number of sulfonamides is 1. The topological polar surface area (TPSA) is 55.4 Å². The highest BCUT2D eigenvalue weighted by Crippen LogP contribution is 2.23. The van der Waals surface area contributed by atoms with Crippen LogP contribution < -0.4 is 4.72 Å². The minimum atomic E-state index is -3.12. The molecule has 0 aliphatic carbocycles. The molecule has 0 aromatic heterocycles. The van der Waals surface area contributed by atoms with Gasteiger partial charge in [0.1, 0.15) is 0 Å². The van der Waals surface area contributed by atoms with E-state index in [9.17, 15) is 8.42 Å². The Morgan fingerprint density at radius 3 is 2.69 bits per heavy atom. The van der Waals surface area contributed by atoms with Gasteiger partial charge in [0.25, 0.3) is 0 Å². The van der Waals surface area contributed by atoms with Crippen molar-refractivity contribution in [3.63, 3.8) is 0 Å². The highest BCUT2D eigenvalue weighted by atomic mass is 32.2. The quantitative estimate of drug-likeness (QED) is 0.723. The average Bonchev–Trinajstić information content (AvgIpc) is 2.58. The Morgan fingerprint density at radius 1 is 1.62 bits per heavy atom. The van der Waals surface area contributed by atoms with Gasteiger partial charge in [-0.2, -0.15) is 0 Å². The van der Waals surface area contributed by atoms with E-state index in [0.717, 1.165) is 6.42 Å². The third-order valence-corrected chi connectivity index (χ3v) is 4.66. The van der Waals surface area contributed by atoms with E-state index in [4.69, 9.17) is 4.74 Å². The van der Waals surface area contributed by atoms with E-state index in [1.165, 1.54) is 7.05 Å². The Kier molecular flexibility index (Phi) is 3.70. The summed E-state index contributed by atoms with van der Waals surface area (Å²) in [7, 11) is -1.66. The van der Waals surface area contributed by atoms with Gasteiger partial charge in [-0.15, -0.1) is 0 Å². The Morgan fingerprint density at radius 2 is 2.31 bits per heavy atom. The van der Waals surface area contributed by atoms with Gasteiger partial charge in [0, 0.05) is 12.5 Å². The van der Waals surface area contributed by atoms with Crippen LogP contribution in [0.2, 0.25) is 0 Å². The third kappa shape index (κ3) is 2.42. The molecule has 0 spiro atoms. The first-order chi connectivity index (χ1) is 6.11. The second-order valence-electron chi connectivity index (χ2n) is 3.32. The van der Waals surface area contributed by atoms with Gasteiger partial charge in [0.05, 0.1) is 11.9 Å². The van der Waals surface area contributed by atoms with E-state index in [1.54, 1.807) is 0 Å². The maximum atomic E-state index is 11.6. The third-order valence-electron chi connectivity index (χ3n) is 2.58. The van der Waals surface area contributed by atoms with Crippen LogP contribution in [0.3, 0.4) is 0 Å². The summed E-state index contributed by atoms with van der Waals surface area (Å²) in [6.45, 7) is 3.18. The van der Waals surface area contributed by atoms with Gasteiger partial charge in [-0.05, 0) is 19.9 Å². The number of rotatable bonds is 4. The van der Waals surface area contributed by atoms with Crippen molar-refractivity contribution in [3.8, 4) is 0 Å². The molecular formula is C8H17NO3S. The lowest BCUT2D eigenvalue weighted by Gasteiger charge is -2.19. The summed E-state index contributed by atoms with van der Waals surface area (Å²) >= 11 is 0. The van der Waals surface area contributed by atoms with Gasteiger partial charge >= 0.3 is 0 Å². The monoisotopic (exact) mass is 207 g/mol. The number of nitrogens with one attached hydrogen (secondary N) is 1. The summed E-state index contributed by atoms with van der Waals surface area (Å²) < 4.78 is 30.7. The molecule has 0 radical (unpaired) electrons. The second-order valence-corrected chi connectivity index (χ2v) is 5.42. The summed E-state index contributed by atoms with van der Waals surface area (Å²) in [6, 6.07) is 0. The maximum absolute atomic E-state index is 11.6. The second kappa shape index (κ2) is 4.39. The first kappa shape index (κ1) is 10.9. The lowest BCUT2D eigenvalue weighted by Crippen LogP contribution is -2.37. The molecule has 1 rings (SSSR count). The van der Waals surface area contributed by atoms with E-state index in [1.807, 2.05) is 6.92 Å². The van der Waals surface area contributed by atoms with Gasteiger partial charge in [0.15, 0.2) is 0 Å². The van der Waals surface area contributed by atoms with Crippen LogP contribution in [0, 0.1) is 5.92 Å². The van der Waals surface area contributed by atoms with Crippen molar-refractivity contribution >= 4 is 10.0 Å². The van der Waals surface area contributed by atoms with E-state index >= 15 is 0 Å². The molecule has 5 heteroatoms. The molecule has 1 heterocycles. The van der Waals surface area contributed by atoms with Gasteiger partial charge in [-0.3, -0.25) is 0 Å². The molecule has 0 saturated carbocycles. The van der Waals surface area contributed by atoms with Crippen molar-refractivity contribution in [2.45, 2.75) is 25.0 Å². The first-order valence-corrected chi connectivity index (χ1v) is 6.16. The van der Waals surface area contributed by atoms with Gasteiger partial charge in [-0.1, -0.05) is 6.92 Å². The Balaban J connectivity index is 2.71. The standard InChI is InChI=1S/C8H17NO3S/c1-3-8(13(10,11)9-2)7-4-5-12-6-7/h7-9H,3-6H2,1-2H3. The summed E-state index contributed by atoms with van der Waals surface area (Å²) in [6.07, 6.45) is 1.51. The molecule has 1 fully saturated rings. The number of ether oxygens (including phenoxy) is 1. The van der Waals surface area contributed by atoms with Crippen molar-refractivity contribution in [1.29, 1.82) is 0 Å². The normalized spacial score (nSPS) is 26.2. The van der Waals surface area contributed by atoms with Crippen molar-refractivity contribution < 1.29 is 13.2 Å². The van der Waals surface area contributed by atoms with E-state index in [-0.39, 0.29) is 11.2 Å². The molecule has 2 atom stereocenters. The molecule has 13 heavy (non-hydrogen) atoms. The summed E-state index contributed by atoms with van der Waals surface area (Å²) in [5.41, 5.74) is 0. The molecule has 0 amide bonds. The smallest absolute Gasteiger partial charge is 0.214 e. The van der Waals surface area contributed by atoms with Crippen LogP contribution in [0.15, 0.2) is 0 Å². The van der Waals surface area contributed by atoms with Crippen LogP contribution in [-0.2, 0) is 14.8 Å². The number of hydrogen-bond donors (Lipinski definition) is 1. The Hall–Kier alpha value is -0.130. The minimum Gasteiger partial charge on any atom is -0.381 e. The van der Waals surface area contributed by atoms with Crippen LogP contribution in [0.1, 0.15) is 19.8 Å². The predicted molar refractivity (Wildman–Crippen MR) is 51.0 cm³/mol. The zero-order valence-electron chi connectivity index (χ0n) is 8.12. The lowest BCUT2D eigenvalue weighted by atomic mass is 10.0. The van der Waals surface area contributed by atoms with Crippen LogP contribution in [-0.4, -0.2) is 33.9 Å². The fraction of sp³-hybridized carbons (Fsp3) is 1.00. The van der Waals surface area contributed by atoms with E-state index in [2.05, 4.69) is 4.72 Å². The minimum absolute atomic E-state index is 0.169. The molecular weight excluding hydrogens is 190 g/mol. The highest BCUT2D eigenvalue weighted by Gasteiger charge is 2.33. The van der Waals surface area contributed by atoms with Crippen molar-refractivity contribution in [2.24, 2.45) is 5.92 Å². The largest absolute Gasteiger partial charge is 0.381 e. The summed E-state index contributed by atoms with van der Waals surface area (Å²) in [5.74, 6) is 0.169. The molecule has 1 N–H and O–H groups in total. The van der Waals surface area contributed by atoms with Crippen LogP contribution in [0.25, 0.3) is 0 Å². The summed E-state index contributed by atoms with van der Waals surface area (Å²) in [4.78, 5) is 0. The van der Waals surface area contributed by atoms with Gasteiger partial charge in [0.2, 0.25) is 10.0 Å². The van der Waals surface area contributed by atoms with Gasteiger partial charge in [-0.25, -0.2) is 13.1 Å². The van der Waals surface area contributed by atoms with E-state index < -0.39 is 10.0 Å². The molecule has 0 aromatic carbocycles. The molecule has 78 valence electrons. The highest BCUT2D eigenvalue weighted by molar-refractivity contribution is 7.90. The Labute approximate surface area is 79.7 Å². The fourth-order valence-corrected chi connectivity index (χ4v) is 3.27. The lowest BCUT2D eigenvalue weighted by molar-refractivity contribution is 0.184. The maximum Gasteiger partial charge on any atom is 0.214 e. The summed E-state index contributed by atoms with van der Waals surface area (Å²) in [5, 5.41) is -0.292. The molecule has 4 nitrogen and oxygen atoms in total. The zero-order chi connectivity index (χ0) is 9.90. The van der Waals surface area contributed by atoms with Crippen LogP contribution >= 0.6 is 0 Å². The molecule has 1 aliphatic rings. The average molecular weight is 207 g/mol. The van der Waals surface area contributed by atoms with Gasteiger partial charge < -0.3 is 4.74 Å². The molecule has 0 bridgehead atoms. The molecule has 0 aromatic rings. The Bertz CT molecular complexity index is 244. The predicted octanol–water partition coefficient (Wildman–Crippen LogP) is 0.351. The van der Waals surface area contributed by atoms with Crippen molar-refractivity contribution in [1.82, 2.24) is 4.72 Å². The van der Waals surface area contributed by atoms with Crippen LogP contribution in [0.5, 0.6) is 0 Å². The van der Waals surface area contributed by atoms with Crippen molar-refractivity contribution in [3.05, 3.63) is 0 Å². The first-order valence-electron chi connectivity index (χ1n) is 4.62. The fourth-order valence-electron chi connectivity index (χ4n) is 1.80. The van der Waals surface area contributed by atoms with Crippen LogP contribution in [0.4, 0.5) is 0 Å². The SMILES string of the molecule is CCC(C1CCOC1)S(=O)(=O)NC. The number of hydrogen-bond acceptors (Lipinski definition) is 3. The molecule has 1 aliphatic heterocycles. The van der Waals surface area contributed by atoms with Crippen molar-refractivity contribution in [2.75, 3.05) is 20.3 Å².